The first-order valence-electron chi connectivity index (χ1n) is 8.13. The molecule has 0 aliphatic carbocycles. The van der Waals surface area contributed by atoms with Gasteiger partial charge in [0.25, 0.3) is 5.91 Å². The number of piperidine rings is 1. The molecular weight excluding hydrogens is 303 g/mol. The number of amides is 1. The molecule has 2 saturated heterocycles. The van der Waals surface area contributed by atoms with Gasteiger partial charge in [0.15, 0.2) is 0 Å². The summed E-state index contributed by atoms with van der Waals surface area (Å²) in [6.07, 6.45) is 5.61. The van der Waals surface area contributed by atoms with E-state index >= 15 is 0 Å². The lowest BCUT2D eigenvalue weighted by molar-refractivity contribution is 0.0556. The summed E-state index contributed by atoms with van der Waals surface area (Å²) in [6.45, 7) is 3.85. The van der Waals surface area contributed by atoms with Gasteiger partial charge >= 0.3 is 0 Å². The van der Waals surface area contributed by atoms with Gasteiger partial charge in [-0.2, -0.15) is 0 Å². The van der Waals surface area contributed by atoms with Crippen molar-refractivity contribution >= 4 is 17.5 Å². The number of halogens is 2. The molecule has 1 atom stereocenters. The lowest BCUT2D eigenvalue weighted by Gasteiger charge is -2.38. The van der Waals surface area contributed by atoms with E-state index in [0.717, 1.165) is 38.9 Å². The largest absolute Gasteiger partial charge is 0.334 e. The first kappa shape index (κ1) is 15.8. The number of rotatable bonds is 3. The Balaban J connectivity index is 1.77. The molecule has 120 valence electrons. The zero-order chi connectivity index (χ0) is 15.5. The number of benzene rings is 1. The Morgan fingerprint density at radius 2 is 1.91 bits per heavy atom. The van der Waals surface area contributed by atoms with Crippen LogP contribution in [0.2, 0.25) is 5.02 Å². The van der Waals surface area contributed by atoms with Crippen molar-refractivity contribution in [3.63, 3.8) is 0 Å². The fourth-order valence-electron chi connectivity index (χ4n) is 3.54. The molecule has 2 aliphatic rings. The molecule has 5 heteroatoms. The summed E-state index contributed by atoms with van der Waals surface area (Å²) in [5.41, 5.74) is 0.0980. The molecule has 1 amide bonds. The first-order chi connectivity index (χ1) is 10.6. The van der Waals surface area contributed by atoms with Gasteiger partial charge in [0, 0.05) is 24.2 Å². The Bertz CT molecular complexity index is 545. The summed E-state index contributed by atoms with van der Waals surface area (Å²) in [6, 6.07) is 4.39. The first-order valence-corrected chi connectivity index (χ1v) is 8.51. The van der Waals surface area contributed by atoms with Crippen molar-refractivity contribution in [1.29, 1.82) is 0 Å². The van der Waals surface area contributed by atoms with Gasteiger partial charge < -0.3 is 9.80 Å². The molecule has 3 rings (SSSR count). The Hall–Kier alpha value is -1.13. The fraction of sp³-hybridized carbons (Fsp3) is 0.588. The maximum atomic E-state index is 14.0. The van der Waals surface area contributed by atoms with Crippen LogP contribution in [-0.2, 0) is 0 Å². The van der Waals surface area contributed by atoms with Crippen LogP contribution < -0.4 is 0 Å². The minimum absolute atomic E-state index is 0.0980. The monoisotopic (exact) mass is 324 g/mol. The minimum atomic E-state index is -0.486. The molecule has 2 fully saturated rings. The number of likely N-dealkylation sites (tertiary alicyclic amines) is 2. The molecule has 0 unspecified atom stereocenters. The number of carbonyl (C=O) groups is 1. The third-order valence-corrected chi connectivity index (χ3v) is 4.95. The number of hydrogen-bond acceptors (Lipinski definition) is 2. The summed E-state index contributed by atoms with van der Waals surface area (Å²) in [4.78, 5) is 17.0. The molecule has 2 heterocycles. The van der Waals surface area contributed by atoms with Crippen LogP contribution in [-0.4, -0.2) is 47.9 Å². The Labute approximate surface area is 136 Å². The predicted molar refractivity (Wildman–Crippen MR) is 85.8 cm³/mol. The predicted octanol–water partition coefficient (Wildman–Crippen LogP) is 3.57. The van der Waals surface area contributed by atoms with Crippen LogP contribution in [0.4, 0.5) is 4.39 Å². The second kappa shape index (κ2) is 6.97. The molecule has 0 spiro atoms. The van der Waals surface area contributed by atoms with E-state index in [1.165, 1.54) is 31.0 Å². The summed E-state index contributed by atoms with van der Waals surface area (Å²) < 4.78 is 14.0. The van der Waals surface area contributed by atoms with Crippen molar-refractivity contribution in [2.45, 2.75) is 38.1 Å². The van der Waals surface area contributed by atoms with E-state index in [2.05, 4.69) is 4.90 Å². The maximum absolute atomic E-state index is 14.0. The fourth-order valence-corrected chi connectivity index (χ4v) is 3.71. The van der Waals surface area contributed by atoms with Crippen LogP contribution in [0.15, 0.2) is 18.2 Å². The van der Waals surface area contributed by atoms with Crippen molar-refractivity contribution < 1.29 is 9.18 Å². The standard InChI is InChI=1S/C17H22ClFN2O/c18-13-6-7-16(19)15(11-13)17(22)21-10-2-1-5-14(21)12-20-8-3-4-9-20/h6-7,11,14H,1-5,8-10,12H2/t14-/m0/s1. The Kier molecular flexibility index (Phi) is 4.99. The molecule has 1 aromatic carbocycles. The molecular formula is C17H22ClFN2O. The van der Waals surface area contributed by atoms with E-state index in [0.29, 0.717) is 11.6 Å². The van der Waals surface area contributed by atoms with Crippen LogP contribution in [0.3, 0.4) is 0 Å². The molecule has 3 nitrogen and oxygen atoms in total. The molecule has 0 saturated carbocycles. The third kappa shape index (κ3) is 3.44. The van der Waals surface area contributed by atoms with Crippen LogP contribution in [0.25, 0.3) is 0 Å². The van der Waals surface area contributed by atoms with Crippen molar-refractivity contribution in [1.82, 2.24) is 9.80 Å². The van der Waals surface area contributed by atoms with Crippen LogP contribution in [0, 0.1) is 5.82 Å². The van der Waals surface area contributed by atoms with Gasteiger partial charge in [-0.3, -0.25) is 4.79 Å². The molecule has 2 aliphatic heterocycles. The summed E-state index contributed by atoms with van der Waals surface area (Å²) in [7, 11) is 0. The topological polar surface area (TPSA) is 23.6 Å². The highest BCUT2D eigenvalue weighted by Crippen LogP contribution is 2.24. The number of hydrogen-bond donors (Lipinski definition) is 0. The van der Waals surface area contributed by atoms with Gasteiger partial charge in [-0.1, -0.05) is 11.6 Å². The van der Waals surface area contributed by atoms with E-state index in [9.17, 15) is 9.18 Å². The van der Waals surface area contributed by atoms with Gasteiger partial charge in [0.05, 0.1) is 5.56 Å². The van der Waals surface area contributed by atoms with Gasteiger partial charge in [-0.05, 0) is 63.4 Å². The highest BCUT2D eigenvalue weighted by Gasteiger charge is 2.30. The normalized spacial score (nSPS) is 23.0. The summed E-state index contributed by atoms with van der Waals surface area (Å²) in [5, 5.41) is 0.401. The van der Waals surface area contributed by atoms with Crippen LogP contribution >= 0.6 is 11.6 Å². The van der Waals surface area contributed by atoms with Gasteiger partial charge in [-0.15, -0.1) is 0 Å². The maximum Gasteiger partial charge on any atom is 0.257 e. The van der Waals surface area contributed by atoms with Crippen LogP contribution in [0.1, 0.15) is 42.5 Å². The van der Waals surface area contributed by atoms with E-state index in [1.807, 2.05) is 4.90 Å². The molecule has 0 N–H and O–H groups in total. The van der Waals surface area contributed by atoms with Gasteiger partial charge in [-0.25, -0.2) is 4.39 Å². The highest BCUT2D eigenvalue weighted by atomic mass is 35.5. The van der Waals surface area contributed by atoms with E-state index in [-0.39, 0.29) is 17.5 Å². The van der Waals surface area contributed by atoms with E-state index in [4.69, 9.17) is 11.6 Å². The lowest BCUT2D eigenvalue weighted by Crippen LogP contribution is -2.49. The molecule has 1 aromatic rings. The van der Waals surface area contributed by atoms with Gasteiger partial charge in [0.2, 0.25) is 0 Å². The molecule has 0 radical (unpaired) electrons. The van der Waals surface area contributed by atoms with Crippen molar-refractivity contribution in [2.24, 2.45) is 0 Å². The van der Waals surface area contributed by atoms with Crippen molar-refractivity contribution in [3.8, 4) is 0 Å². The SMILES string of the molecule is O=C(c1cc(Cl)ccc1F)N1CCCC[C@H]1CN1CCCC1. The average molecular weight is 325 g/mol. The van der Waals surface area contributed by atoms with Crippen molar-refractivity contribution in [3.05, 3.63) is 34.6 Å². The average Bonchev–Trinajstić information content (AvgIpc) is 3.02. The van der Waals surface area contributed by atoms with Crippen LogP contribution in [0.5, 0.6) is 0 Å². The summed E-state index contributed by atoms with van der Waals surface area (Å²) in [5.74, 6) is -0.705. The number of carbonyl (C=O) groups excluding carboxylic acids is 1. The highest BCUT2D eigenvalue weighted by molar-refractivity contribution is 6.31. The zero-order valence-electron chi connectivity index (χ0n) is 12.7. The van der Waals surface area contributed by atoms with Gasteiger partial charge in [0.1, 0.15) is 5.82 Å². The zero-order valence-corrected chi connectivity index (χ0v) is 13.5. The molecule has 0 aromatic heterocycles. The minimum Gasteiger partial charge on any atom is -0.334 e. The van der Waals surface area contributed by atoms with E-state index < -0.39 is 5.82 Å². The second-order valence-corrected chi connectivity index (χ2v) is 6.72. The Morgan fingerprint density at radius 1 is 1.18 bits per heavy atom. The smallest absolute Gasteiger partial charge is 0.257 e. The number of nitrogens with zero attached hydrogens (tertiary/aromatic N) is 2. The second-order valence-electron chi connectivity index (χ2n) is 6.28. The summed E-state index contributed by atoms with van der Waals surface area (Å²) >= 11 is 5.93. The Morgan fingerprint density at radius 3 is 2.68 bits per heavy atom. The van der Waals surface area contributed by atoms with E-state index in [1.54, 1.807) is 0 Å². The van der Waals surface area contributed by atoms with Crippen molar-refractivity contribution in [2.75, 3.05) is 26.2 Å². The molecule has 0 bridgehead atoms. The lowest BCUT2D eigenvalue weighted by atomic mass is 10.00. The quantitative estimate of drug-likeness (QED) is 0.848. The third-order valence-electron chi connectivity index (χ3n) is 4.71. The molecule has 22 heavy (non-hydrogen) atoms.